The molecule has 1 radical (unpaired) electrons. The highest BCUT2D eigenvalue weighted by Crippen LogP contribution is 2.29. The van der Waals surface area contributed by atoms with E-state index in [1.807, 2.05) is 23.5 Å². The van der Waals surface area contributed by atoms with Crippen molar-refractivity contribution in [3.8, 4) is 0 Å². The van der Waals surface area contributed by atoms with E-state index in [9.17, 15) is 0 Å². The lowest BCUT2D eigenvalue weighted by Gasteiger charge is -2.08. The van der Waals surface area contributed by atoms with E-state index in [-0.39, 0.29) is 0 Å². The second-order valence-corrected chi connectivity index (χ2v) is 15.0. The van der Waals surface area contributed by atoms with Gasteiger partial charge >= 0.3 is 0 Å². The van der Waals surface area contributed by atoms with E-state index in [0.29, 0.717) is 0 Å². The highest BCUT2D eigenvalue weighted by Gasteiger charge is 2.02. The molecule has 2 heteroatoms. The number of hydrogen-bond donors (Lipinski definition) is 0. The number of benzene rings is 1. The fourth-order valence-corrected chi connectivity index (χ4v) is 7.90. The van der Waals surface area contributed by atoms with Gasteiger partial charge in [0.25, 0.3) is 0 Å². The zero-order valence-corrected chi connectivity index (χ0v) is 29.6. The van der Waals surface area contributed by atoms with Gasteiger partial charge in [0.15, 0.2) is 0 Å². The molecule has 0 aliphatic rings. The number of hydrogen-bond acceptors (Lipinski definition) is 2. The smallest absolute Gasteiger partial charge is 0.00858 e. The van der Waals surface area contributed by atoms with Crippen LogP contribution in [-0.2, 0) is 0 Å². The van der Waals surface area contributed by atoms with Crippen LogP contribution >= 0.6 is 23.5 Å². The second-order valence-electron chi connectivity index (χ2n) is 12.7. The van der Waals surface area contributed by atoms with E-state index in [4.69, 9.17) is 0 Å². The van der Waals surface area contributed by atoms with Crippen LogP contribution in [-0.4, -0.2) is 11.5 Å². The van der Waals surface area contributed by atoms with E-state index < -0.39 is 0 Å². The van der Waals surface area contributed by atoms with Crippen molar-refractivity contribution in [3.05, 3.63) is 30.7 Å². The summed E-state index contributed by atoms with van der Waals surface area (Å²) < 4.78 is 0. The summed E-state index contributed by atoms with van der Waals surface area (Å²) in [5, 5.41) is 0. The molecular formula is C39H71S2. The Kier molecular flexibility index (Phi) is 29.8. The number of thioether (sulfide) groups is 2. The lowest BCUT2D eigenvalue weighted by Crippen LogP contribution is -1.87. The van der Waals surface area contributed by atoms with Crippen molar-refractivity contribution in [1.82, 2.24) is 0 Å². The minimum absolute atomic E-state index is 1.18. The minimum atomic E-state index is 1.18. The van der Waals surface area contributed by atoms with Gasteiger partial charge in [-0.2, -0.15) is 0 Å². The zero-order chi connectivity index (χ0) is 29.5. The summed E-state index contributed by atoms with van der Waals surface area (Å²) in [6.07, 6.45) is 40.2. The first-order valence-electron chi connectivity index (χ1n) is 18.5. The van der Waals surface area contributed by atoms with Gasteiger partial charge in [-0.3, -0.25) is 0 Å². The Balaban J connectivity index is 1.93. The molecule has 0 aliphatic carbocycles. The van der Waals surface area contributed by atoms with Crippen LogP contribution in [0.1, 0.15) is 199 Å². The molecule has 0 unspecified atom stereocenters. The first-order valence-corrected chi connectivity index (χ1v) is 20.5. The first-order chi connectivity index (χ1) is 20.3. The molecule has 0 amide bonds. The van der Waals surface area contributed by atoms with Gasteiger partial charge in [0.1, 0.15) is 0 Å². The summed E-state index contributed by atoms with van der Waals surface area (Å²) in [5.74, 6) is 2.51. The van der Waals surface area contributed by atoms with Crippen LogP contribution in [0.15, 0.2) is 28.0 Å². The Morgan fingerprint density at radius 3 is 0.878 bits per heavy atom. The van der Waals surface area contributed by atoms with Crippen LogP contribution in [0.5, 0.6) is 0 Å². The van der Waals surface area contributed by atoms with Crippen LogP contribution in [0.25, 0.3) is 0 Å². The van der Waals surface area contributed by atoms with Crippen LogP contribution in [0.4, 0.5) is 0 Å². The molecule has 1 aromatic rings. The van der Waals surface area contributed by atoms with Crippen molar-refractivity contribution >= 4 is 23.5 Å². The monoisotopic (exact) mass is 603 g/mol. The topological polar surface area (TPSA) is 0 Å². The van der Waals surface area contributed by atoms with E-state index in [0.717, 1.165) is 0 Å². The van der Waals surface area contributed by atoms with Crippen LogP contribution < -0.4 is 0 Å². The third-order valence-corrected chi connectivity index (χ3v) is 10.6. The fourth-order valence-electron chi connectivity index (χ4n) is 5.77. The molecule has 0 aromatic heterocycles. The lowest BCUT2D eigenvalue weighted by molar-refractivity contribution is 0.538. The van der Waals surface area contributed by atoms with E-state index in [1.54, 1.807) is 0 Å². The maximum absolute atomic E-state index is 4.26. The molecule has 0 saturated carbocycles. The molecule has 0 nitrogen and oxygen atoms in total. The largest absolute Gasteiger partial charge is 0.126 e. The Morgan fingerprint density at radius 2 is 0.610 bits per heavy atom. The third-order valence-electron chi connectivity index (χ3n) is 8.47. The van der Waals surface area contributed by atoms with Crippen molar-refractivity contribution in [3.63, 3.8) is 0 Å². The Hall–Kier alpha value is -0.0800. The van der Waals surface area contributed by atoms with Gasteiger partial charge in [-0.15, -0.1) is 23.5 Å². The minimum Gasteiger partial charge on any atom is -0.126 e. The molecule has 1 rings (SSSR count). The van der Waals surface area contributed by atoms with Gasteiger partial charge in [0.05, 0.1) is 0 Å². The zero-order valence-electron chi connectivity index (χ0n) is 28.0. The first kappa shape index (κ1) is 38.9. The van der Waals surface area contributed by atoms with Gasteiger partial charge < -0.3 is 0 Å². The predicted molar refractivity (Wildman–Crippen MR) is 193 cm³/mol. The van der Waals surface area contributed by atoms with Gasteiger partial charge in [-0.05, 0) is 55.0 Å². The molecule has 0 fully saturated rings. The predicted octanol–water partition coefficient (Wildman–Crippen LogP) is 15.0. The molecule has 0 saturated heterocycles. The average molecular weight is 604 g/mol. The molecule has 41 heavy (non-hydrogen) atoms. The fraction of sp³-hybridized carbons (Fsp3) is 0.821. The molecule has 0 N–H and O–H groups in total. The van der Waals surface area contributed by atoms with Gasteiger partial charge in [-0.25, -0.2) is 0 Å². The number of rotatable bonds is 32. The normalized spacial score (nSPS) is 11.5. The van der Waals surface area contributed by atoms with Gasteiger partial charge in [0.2, 0.25) is 0 Å². The van der Waals surface area contributed by atoms with E-state index in [2.05, 4.69) is 39.0 Å². The number of unbranched alkanes of at least 4 members (excludes halogenated alkanes) is 26. The maximum Gasteiger partial charge on any atom is 0.00858 e. The van der Waals surface area contributed by atoms with Crippen LogP contribution in [0.2, 0.25) is 0 Å². The molecule has 239 valence electrons. The average Bonchev–Trinajstić information content (AvgIpc) is 2.97. The van der Waals surface area contributed by atoms with Crippen molar-refractivity contribution in [2.24, 2.45) is 0 Å². The van der Waals surface area contributed by atoms with E-state index >= 15 is 0 Å². The van der Waals surface area contributed by atoms with Crippen molar-refractivity contribution in [2.75, 3.05) is 11.5 Å². The molecule has 0 spiro atoms. The SMILES string of the molecule is [CH2]c1cc(SCCCCCCCCCCCCCCCC)cc(SCCCCCCCCCCCCCCCC)c1. The maximum atomic E-state index is 4.26. The summed E-state index contributed by atoms with van der Waals surface area (Å²) in [4.78, 5) is 2.85. The highest BCUT2D eigenvalue weighted by atomic mass is 32.2. The quantitative estimate of drug-likeness (QED) is 0.0593. The molecule has 0 aliphatic heterocycles. The van der Waals surface area contributed by atoms with Crippen molar-refractivity contribution in [2.45, 2.75) is 203 Å². The van der Waals surface area contributed by atoms with Crippen molar-refractivity contribution < 1.29 is 0 Å². The summed E-state index contributed by atoms with van der Waals surface area (Å²) in [5.41, 5.74) is 1.18. The van der Waals surface area contributed by atoms with Gasteiger partial charge in [0, 0.05) is 9.79 Å². The summed E-state index contributed by atoms with van der Waals surface area (Å²) >= 11 is 4.09. The molecule has 0 heterocycles. The van der Waals surface area contributed by atoms with Crippen LogP contribution in [0, 0.1) is 6.92 Å². The van der Waals surface area contributed by atoms with Gasteiger partial charge in [-0.1, -0.05) is 181 Å². The van der Waals surface area contributed by atoms with Crippen molar-refractivity contribution in [1.29, 1.82) is 0 Å². The molecule has 1 aromatic carbocycles. The Bertz CT molecular complexity index is 603. The summed E-state index contributed by atoms with van der Waals surface area (Å²) in [6.45, 7) is 8.86. The Morgan fingerprint density at radius 1 is 0.366 bits per heavy atom. The summed E-state index contributed by atoms with van der Waals surface area (Å²) in [7, 11) is 0. The third kappa shape index (κ3) is 27.2. The standard InChI is InChI=1S/C39H71S2/c1-4-6-8-10-12-14-16-18-20-22-24-26-28-30-32-40-38-34-37(3)35-39(36-38)41-33-31-29-27-25-23-21-19-17-15-13-11-9-7-5-2/h34-36H,3-33H2,1-2H3. The summed E-state index contributed by atoms with van der Waals surface area (Å²) in [6, 6.07) is 6.98. The lowest BCUT2D eigenvalue weighted by atomic mass is 10.0. The highest BCUT2D eigenvalue weighted by molar-refractivity contribution is 8.00. The molecular weight excluding hydrogens is 533 g/mol. The molecule has 0 atom stereocenters. The van der Waals surface area contributed by atoms with E-state index in [1.165, 1.54) is 207 Å². The second kappa shape index (κ2) is 31.3. The Labute approximate surface area is 268 Å². The van der Waals surface area contributed by atoms with Crippen LogP contribution in [0.3, 0.4) is 0 Å². The molecule has 0 bridgehead atoms.